The summed E-state index contributed by atoms with van der Waals surface area (Å²) in [4.78, 5) is 0. The molecule has 1 aromatic carbocycles. The van der Waals surface area contributed by atoms with Crippen molar-refractivity contribution in [2.24, 2.45) is 5.73 Å². The van der Waals surface area contributed by atoms with Gasteiger partial charge in [-0.3, -0.25) is 4.52 Å². The highest BCUT2D eigenvalue weighted by atomic mass is 31.2. The lowest BCUT2D eigenvalue weighted by Crippen LogP contribution is -2.24. The molecule has 0 saturated carbocycles. The molecule has 0 fully saturated rings. The molecule has 0 bridgehead atoms. The molecule has 2 atom stereocenters. The number of hydrogen-bond acceptors (Lipinski definition) is 5. The summed E-state index contributed by atoms with van der Waals surface area (Å²) in [6.07, 6.45) is 0.480. The second-order valence-corrected chi connectivity index (χ2v) is 10.6. The zero-order valence-corrected chi connectivity index (χ0v) is 17.7. The fraction of sp³-hybridized carbons (Fsp3) is 0.684. The van der Waals surface area contributed by atoms with Crippen LogP contribution in [0.25, 0.3) is 0 Å². The van der Waals surface area contributed by atoms with Gasteiger partial charge >= 0.3 is 7.60 Å². The first-order valence-corrected chi connectivity index (χ1v) is 10.4. The van der Waals surface area contributed by atoms with Crippen molar-refractivity contribution in [2.75, 3.05) is 6.61 Å². The lowest BCUT2D eigenvalue weighted by Gasteiger charge is -2.29. The molecule has 2 unspecified atom stereocenters. The van der Waals surface area contributed by atoms with Gasteiger partial charge in [-0.1, -0.05) is 48.5 Å². The predicted octanol–water partition coefficient (Wildman–Crippen LogP) is 5.29. The van der Waals surface area contributed by atoms with E-state index in [0.29, 0.717) is 12.2 Å². The molecule has 0 heterocycles. The second-order valence-electron chi connectivity index (χ2n) is 8.39. The summed E-state index contributed by atoms with van der Waals surface area (Å²) >= 11 is 0. The molecule has 0 amide bonds. The summed E-state index contributed by atoms with van der Waals surface area (Å²) in [7, 11) is -3.50. The molecular weight excluding hydrogens is 337 g/mol. The predicted molar refractivity (Wildman–Crippen MR) is 104 cm³/mol. The van der Waals surface area contributed by atoms with E-state index in [9.17, 15) is 9.67 Å². The minimum atomic E-state index is -3.50. The maximum absolute atomic E-state index is 13.1. The number of aromatic hydroxyl groups is 1. The maximum atomic E-state index is 13.1. The highest BCUT2D eigenvalue weighted by Gasteiger charge is 2.35. The summed E-state index contributed by atoms with van der Waals surface area (Å²) in [5, 5.41) is 10.8. The van der Waals surface area contributed by atoms with E-state index >= 15 is 0 Å². The molecule has 5 nitrogen and oxygen atoms in total. The lowest BCUT2D eigenvalue weighted by molar-refractivity contribution is 0.268. The van der Waals surface area contributed by atoms with Crippen LogP contribution in [0.1, 0.15) is 72.9 Å². The van der Waals surface area contributed by atoms with Crippen molar-refractivity contribution in [3.05, 3.63) is 23.3 Å². The van der Waals surface area contributed by atoms with Crippen LogP contribution >= 0.6 is 7.60 Å². The van der Waals surface area contributed by atoms with Crippen LogP contribution < -0.4 is 10.3 Å². The van der Waals surface area contributed by atoms with E-state index in [0.717, 1.165) is 11.1 Å². The van der Waals surface area contributed by atoms with Gasteiger partial charge in [-0.15, -0.1) is 0 Å². The van der Waals surface area contributed by atoms with Gasteiger partial charge in [0.2, 0.25) is 0 Å². The van der Waals surface area contributed by atoms with Gasteiger partial charge in [-0.25, -0.2) is 4.57 Å². The molecule has 3 N–H and O–H groups in total. The van der Waals surface area contributed by atoms with Gasteiger partial charge in [-0.2, -0.15) is 0 Å². The molecule has 144 valence electrons. The topological polar surface area (TPSA) is 81.8 Å². The Labute approximate surface area is 152 Å². The molecule has 1 aromatic rings. The van der Waals surface area contributed by atoms with Crippen LogP contribution in [-0.4, -0.2) is 17.5 Å². The SMILES string of the molecule is CCOP(=O)(Oc1cc(C(C)(C)C)c(O)c(C(C)(C)C)c1)C(N)CC. The van der Waals surface area contributed by atoms with Crippen LogP contribution in [-0.2, 0) is 19.9 Å². The Morgan fingerprint density at radius 2 is 1.52 bits per heavy atom. The highest BCUT2D eigenvalue weighted by molar-refractivity contribution is 7.55. The Morgan fingerprint density at radius 3 is 1.84 bits per heavy atom. The molecule has 0 aliphatic heterocycles. The zero-order valence-electron chi connectivity index (χ0n) is 16.8. The number of phenolic OH excluding ortho intramolecular Hbond substituents is 1. The van der Waals surface area contributed by atoms with Gasteiger partial charge in [-0.05, 0) is 36.3 Å². The molecule has 6 heteroatoms. The lowest BCUT2D eigenvalue weighted by atomic mass is 9.79. The van der Waals surface area contributed by atoms with Gasteiger partial charge < -0.3 is 15.4 Å². The van der Waals surface area contributed by atoms with E-state index in [4.69, 9.17) is 14.8 Å². The number of nitrogens with two attached hydrogens (primary N) is 1. The second kappa shape index (κ2) is 7.69. The molecular formula is C19H34NO4P. The van der Waals surface area contributed by atoms with Crippen LogP contribution in [0.3, 0.4) is 0 Å². The molecule has 0 aliphatic carbocycles. The number of phenols is 1. The average Bonchev–Trinajstić information content (AvgIpc) is 2.45. The Hall–Kier alpha value is -1.03. The number of benzene rings is 1. The molecule has 1 rings (SSSR count). The van der Waals surface area contributed by atoms with E-state index in [1.165, 1.54) is 0 Å². The average molecular weight is 371 g/mol. The third-order valence-corrected chi connectivity index (χ3v) is 6.33. The summed E-state index contributed by atoms with van der Waals surface area (Å²) in [6, 6.07) is 3.47. The van der Waals surface area contributed by atoms with Crippen molar-refractivity contribution < 1.29 is 18.7 Å². The minimum absolute atomic E-state index is 0.249. The van der Waals surface area contributed by atoms with Crippen LogP contribution in [0.15, 0.2) is 12.1 Å². The largest absolute Gasteiger partial charge is 0.507 e. The maximum Gasteiger partial charge on any atom is 0.395 e. The molecule has 0 radical (unpaired) electrons. The van der Waals surface area contributed by atoms with Crippen molar-refractivity contribution in [1.29, 1.82) is 0 Å². The van der Waals surface area contributed by atoms with Crippen molar-refractivity contribution >= 4 is 7.60 Å². The van der Waals surface area contributed by atoms with E-state index in [1.807, 2.05) is 48.5 Å². The number of hydrogen-bond donors (Lipinski definition) is 2. The van der Waals surface area contributed by atoms with Gasteiger partial charge in [0.15, 0.2) is 0 Å². The van der Waals surface area contributed by atoms with Gasteiger partial charge in [0.05, 0.1) is 6.61 Å². The smallest absolute Gasteiger partial charge is 0.395 e. The van der Waals surface area contributed by atoms with Crippen molar-refractivity contribution in [3.63, 3.8) is 0 Å². The van der Waals surface area contributed by atoms with Crippen LogP contribution in [0, 0.1) is 0 Å². The van der Waals surface area contributed by atoms with Crippen molar-refractivity contribution in [3.8, 4) is 11.5 Å². The molecule has 0 aliphatic rings. The molecule has 0 spiro atoms. The van der Waals surface area contributed by atoms with E-state index < -0.39 is 13.4 Å². The summed E-state index contributed by atoms with van der Waals surface area (Å²) < 4.78 is 24.3. The summed E-state index contributed by atoms with van der Waals surface area (Å²) in [5.41, 5.74) is 6.88. The third-order valence-electron chi connectivity index (χ3n) is 4.07. The quantitative estimate of drug-likeness (QED) is 0.664. The van der Waals surface area contributed by atoms with Crippen molar-refractivity contribution in [1.82, 2.24) is 0 Å². The first-order valence-electron chi connectivity index (χ1n) is 8.83. The van der Waals surface area contributed by atoms with Crippen LogP contribution in [0.4, 0.5) is 0 Å². The summed E-state index contributed by atoms with van der Waals surface area (Å²) in [5.74, 6) is -0.0378. The number of rotatable bonds is 6. The van der Waals surface area contributed by atoms with E-state index in [2.05, 4.69) is 0 Å². The Morgan fingerprint density at radius 1 is 1.08 bits per heavy atom. The Bertz CT molecular complexity index is 609. The van der Waals surface area contributed by atoms with Crippen LogP contribution in [0.5, 0.6) is 11.5 Å². The van der Waals surface area contributed by atoms with Crippen molar-refractivity contribution in [2.45, 2.75) is 78.4 Å². The fourth-order valence-corrected chi connectivity index (χ4v) is 4.13. The zero-order chi connectivity index (χ0) is 19.6. The first-order chi connectivity index (χ1) is 11.3. The normalized spacial score (nSPS) is 16.4. The van der Waals surface area contributed by atoms with Gasteiger partial charge in [0, 0.05) is 11.1 Å². The van der Waals surface area contributed by atoms with Crippen LogP contribution in [0.2, 0.25) is 0 Å². The van der Waals surface area contributed by atoms with Gasteiger partial charge in [0.1, 0.15) is 17.3 Å². The first kappa shape index (κ1) is 22.0. The highest BCUT2D eigenvalue weighted by Crippen LogP contribution is 2.53. The van der Waals surface area contributed by atoms with Gasteiger partial charge in [0.25, 0.3) is 0 Å². The summed E-state index contributed by atoms with van der Waals surface area (Å²) in [6.45, 7) is 15.9. The Balaban J connectivity index is 3.52. The third kappa shape index (κ3) is 5.22. The Kier molecular flexibility index (Phi) is 6.77. The molecule has 0 aromatic heterocycles. The van der Waals surface area contributed by atoms with E-state index in [1.54, 1.807) is 19.1 Å². The standard InChI is InChI=1S/C19H34NO4P/c1-9-16(20)25(22,23-10-2)24-13-11-14(18(3,4)5)17(21)15(12-13)19(6,7)8/h11-12,16,21H,9-10,20H2,1-8H3. The van der Waals surface area contributed by atoms with E-state index in [-0.39, 0.29) is 23.2 Å². The minimum Gasteiger partial charge on any atom is -0.507 e. The molecule has 25 heavy (non-hydrogen) atoms. The fourth-order valence-electron chi connectivity index (χ4n) is 2.54. The molecule has 0 saturated heterocycles. The monoisotopic (exact) mass is 371 g/mol.